The molecule has 0 spiro atoms. The summed E-state index contributed by atoms with van der Waals surface area (Å²) in [5.41, 5.74) is 4.87. The molecule has 2 aliphatic rings. The van der Waals surface area contributed by atoms with Crippen molar-refractivity contribution in [3.8, 4) is 29.2 Å². The molecule has 2 aromatic carbocycles. The molecule has 1 unspecified atom stereocenters. The molecule has 0 aromatic heterocycles. The summed E-state index contributed by atoms with van der Waals surface area (Å²) in [6.45, 7) is 2.32. The Labute approximate surface area is 183 Å². The maximum atomic E-state index is 5.98. The van der Waals surface area contributed by atoms with Gasteiger partial charge in [-0.05, 0) is 90.7 Å². The topological polar surface area (TPSA) is 9.23 Å². The summed E-state index contributed by atoms with van der Waals surface area (Å²) in [4.78, 5) is 0. The van der Waals surface area contributed by atoms with Crippen molar-refractivity contribution in [2.75, 3.05) is 7.11 Å². The van der Waals surface area contributed by atoms with Gasteiger partial charge in [-0.1, -0.05) is 62.8 Å². The molecule has 2 saturated carbocycles. The standard InChI is InChI=1S/C29H36O/c1-4-6-7-21-8-9-26-20-27(11-10-24(26)18-21)29-17-14-25(19-22(29)5-2)23-12-15-28(30-3)16-13-23/h2,12-17,19,21,24,26-27H,4,6-11,18,20H2,1,3H3/t21?,24-,26-,27-/m1/s1. The molecular weight excluding hydrogens is 364 g/mol. The zero-order valence-electron chi connectivity index (χ0n) is 18.7. The summed E-state index contributed by atoms with van der Waals surface area (Å²) >= 11 is 0. The molecule has 1 nitrogen and oxygen atoms in total. The molecule has 30 heavy (non-hydrogen) atoms. The fourth-order valence-corrected chi connectivity index (χ4v) is 6.02. The molecule has 4 rings (SSSR count). The fraction of sp³-hybridized carbons (Fsp3) is 0.517. The van der Waals surface area contributed by atoms with Crippen molar-refractivity contribution in [2.24, 2.45) is 17.8 Å². The van der Waals surface area contributed by atoms with Crippen LogP contribution in [0.4, 0.5) is 0 Å². The Kier molecular flexibility index (Phi) is 6.83. The second-order valence-electron chi connectivity index (χ2n) is 9.53. The van der Waals surface area contributed by atoms with Crippen LogP contribution in [-0.4, -0.2) is 7.11 Å². The van der Waals surface area contributed by atoms with Crippen LogP contribution in [0.1, 0.15) is 81.8 Å². The van der Waals surface area contributed by atoms with Crippen molar-refractivity contribution in [1.29, 1.82) is 0 Å². The van der Waals surface area contributed by atoms with Crippen molar-refractivity contribution in [3.63, 3.8) is 0 Å². The summed E-state index contributed by atoms with van der Waals surface area (Å²) in [6.07, 6.45) is 18.6. The van der Waals surface area contributed by atoms with Gasteiger partial charge in [0.2, 0.25) is 0 Å². The Morgan fingerprint density at radius 3 is 2.40 bits per heavy atom. The van der Waals surface area contributed by atoms with Gasteiger partial charge in [0.05, 0.1) is 7.11 Å². The van der Waals surface area contributed by atoms with Crippen LogP contribution in [0.25, 0.3) is 11.1 Å². The van der Waals surface area contributed by atoms with E-state index in [1.54, 1.807) is 7.11 Å². The lowest BCUT2D eigenvalue weighted by Crippen LogP contribution is -2.30. The summed E-state index contributed by atoms with van der Waals surface area (Å²) in [5, 5.41) is 0. The first-order valence-electron chi connectivity index (χ1n) is 12.0. The molecule has 0 radical (unpaired) electrons. The Bertz CT molecular complexity index is 872. The second-order valence-corrected chi connectivity index (χ2v) is 9.53. The minimum absolute atomic E-state index is 0.634. The number of hydrogen-bond acceptors (Lipinski definition) is 1. The molecular formula is C29H36O. The summed E-state index contributed by atoms with van der Waals surface area (Å²) < 4.78 is 5.29. The predicted octanol–water partition coefficient (Wildman–Crippen LogP) is 7.83. The lowest BCUT2D eigenvalue weighted by Gasteiger charge is -2.42. The van der Waals surface area contributed by atoms with Gasteiger partial charge in [0, 0.05) is 5.56 Å². The Morgan fingerprint density at radius 2 is 1.67 bits per heavy atom. The quantitative estimate of drug-likeness (QED) is 0.449. The highest BCUT2D eigenvalue weighted by atomic mass is 16.5. The molecule has 2 fully saturated rings. The maximum absolute atomic E-state index is 5.98. The maximum Gasteiger partial charge on any atom is 0.118 e. The van der Waals surface area contributed by atoms with Crippen molar-refractivity contribution in [1.82, 2.24) is 0 Å². The zero-order valence-corrected chi connectivity index (χ0v) is 18.7. The number of unbranched alkanes of at least 4 members (excludes halogenated alkanes) is 1. The number of ether oxygens (including phenoxy) is 1. The number of hydrogen-bond donors (Lipinski definition) is 0. The molecule has 0 aliphatic heterocycles. The van der Waals surface area contributed by atoms with Crippen molar-refractivity contribution in [2.45, 2.75) is 70.6 Å². The lowest BCUT2D eigenvalue weighted by atomic mass is 9.63. The number of rotatable bonds is 6. The highest BCUT2D eigenvalue weighted by Crippen LogP contribution is 2.49. The van der Waals surface area contributed by atoms with Crippen LogP contribution in [0.15, 0.2) is 42.5 Å². The third kappa shape index (κ3) is 4.59. The van der Waals surface area contributed by atoms with Crippen molar-refractivity contribution in [3.05, 3.63) is 53.6 Å². The third-order valence-electron chi connectivity index (χ3n) is 7.76. The Morgan fingerprint density at radius 1 is 0.933 bits per heavy atom. The van der Waals surface area contributed by atoms with E-state index in [9.17, 15) is 0 Å². The molecule has 0 N–H and O–H groups in total. The third-order valence-corrected chi connectivity index (χ3v) is 7.76. The minimum atomic E-state index is 0.634. The highest BCUT2D eigenvalue weighted by molar-refractivity contribution is 5.67. The van der Waals surface area contributed by atoms with E-state index < -0.39 is 0 Å². The van der Waals surface area contributed by atoms with Crippen LogP contribution in [-0.2, 0) is 0 Å². The van der Waals surface area contributed by atoms with Crippen LogP contribution in [0, 0.1) is 30.1 Å². The van der Waals surface area contributed by atoms with Crippen LogP contribution in [0.3, 0.4) is 0 Å². The van der Waals surface area contributed by atoms with Gasteiger partial charge in [0.25, 0.3) is 0 Å². The van der Waals surface area contributed by atoms with Crippen LogP contribution in [0.5, 0.6) is 5.75 Å². The smallest absolute Gasteiger partial charge is 0.118 e. The molecule has 2 aromatic rings. The van der Waals surface area contributed by atoms with Gasteiger partial charge in [-0.25, -0.2) is 0 Å². The van der Waals surface area contributed by atoms with Crippen LogP contribution >= 0.6 is 0 Å². The minimum Gasteiger partial charge on any atom is -0.497 e. The van der Waals surface area contributed by atoms with Gasteiger partial charge in [-0.15, -0.1) is 6.42 Å². The van der Waals surface area contributed by atoms with E-state index in [1.165, 1.54) is 74.5 Å². The SMILES string of the molecule is C#Cc1cc(-c2ccc(OC)cc2)ccc1[C@@H]1CC[C@@H]2CC(CCCC)CC[C@@H]2C1. The second kappa shape index (κ2) is 9.74. The first-order valence-corrected chi connectivity index (χ1v) is 12.0. The molecule has 0 heterocycles. The molecule has 1 heteroatoms. The van der Waals surface area contributed by atoms with E-state index in [2.05, 4.69) is 43.2 Å². The van der Waals surface area contributed by atoms with E-state index in [1.807, 2.05) is 12.1 Å². The van der Waals surface area contributed by atoms with E-state index in [0.717, 1.165) is 29.1 Å². The molecule has 4 atom stereocenters. The predicted molar refractivity (Wildman–Crippen MR) is 127 cm³/mol. The average molecular weight is 401 g/mol. The number of benzene rings is 2. The first kappa shape index (κ1) is 21.0. The fourth-order valence-electron chi connectivity index (χ4n) is 6.02. The van der Waals surface area contributed by atoms with E-state index in [-0.39, 0.29) is 0 Å². The highest BCUT2D eigenvalue weighted by Gasteiger charge is 2.36. The molecule has 158 valence electrons. The number of methoxy groups -OCH3 is 1. The molecule has 0 bridgehead atoms. The van der Waals surface area contributed by atoms with E-state index >= 15 is 0 Å². The normalized spacial score (nSPS) is 25.9. The van der Waals surface area contributed by atoms with Crippen molar-refractivity contribution >= 4 is 0 Å². The van der Waals surface area contributed by atoms with Gasteiger partial charge in [-0.2, -0.15) is 0 Å². The van der Waals surface area contributed by atoms with Crippen molar-refractivity contribution < 1.29 is 4.74 Å². The van der Waals surface area contributed by atoms with Gasteiger partial charge in [-0.3, -0.25) is 0 Å². The Balaban J connectivity index is 1.46. The lowest BCUT2D eigenvalue weighted by molar-refractivity contribution is 0.113. The van der Waals surface area contributed by atoms with E-state index in [0.29, 0.717) is 5.92 Å². The van der Waals surface area contributed by atoms with Gasteiger partial charge < -0.3 is 4.74 Å². The average Bonchev–Trinajstić information content (AvgIpc) is 2.82. The van der Waals surface area contributed by atoms with Gasteiger partial charge in [0.1, 0.15) is 5.75 Å². The largest absolute Gasteiger partial charge is 0.497 e. The zero-order chi connectivity index (χ0) is 20.9. The van der Waals surface area contributed by atoms with Crippen LogP contribution in [0.2, 0.25) is 0 Å². The first-order chi connectivity index (χ1) is 14.7. The molecule has 0 amide bonds. The van der Waals surface area contributed by atoms with Gasteiger partial charge in [0.15, 0.2) is 0 Å². The molecule has 2 aliphatic carbocycles. The molecule has 0 saturated heterocycles. The Hall–Kier alpha value is -2.20. The van der Waals surface area contributed by atoms with E-state index in [4.69, 9.17) is 11.2 Å². The number of fused-ring (bicyclic) bond motifs is 1. The monoisotopic (exact) mass is 400 g/mol. The number of terminal acetylenes is 1. The summed E-state index contributed by atoms with van der Waals surface area (Å²) in [6, 6.07) is 15.0. The summed E-state index contributed by atoms with van der Waals surface area (Å²) in [5.74, 6) is 7.39. The summed E-state index contributed by atoms with van der Waals surface area (Å²) in [7, 11) is 1.70. The van der Waals surface area contributed by atoms with Crippen LogP contribution < -0.4 is 4.74 Å². The van der Waals surface area contributed by atoms with Gasteiger partial charge >= 0.3 is 0 Å².